The van der Waals surface area contributed by atoms with Crippen LogP contribution < -0.4 is 11.1 Å². The third-order valence-corrected chi connectivity index (χ3v) is 5.36. The van der Waals surface area contributed by atoms with Crippen LogP contribution in [-0.2, 0) is 11.3 Å². The number of carbonyl (C=O) groups is 1. The number of hydrogen-bond acceptors (Lipinski definition) is 8. The Morgan fingerprint density at radius 2 is 2.29 bits per heavy atom. The van der Waals surface area contributed by atoms with Crippen molar-refractivity contribution >= 4 is 33.7 Å². The lowest BCUT2D eigenvalue weighted by molar-refractivity contribution is -0.116. The highest BCUT2D eigenvalue weighted by Crippen LogP contribution is 2.42. The molecule has 0 spiro atoms. The number of aryl methyl sites for hydroxylation is 1. The summed E-state index contributed by atoms with van der Waals surface area (Å²) in [5, 5.41) is 18.2. The predicted octanol–water partition coefficient (Wildman–Crippen LogP) is 2.32. The topological polar surface area (TPSA) is 103 Å². The number of anilines is 1. The van der Waals surface area contributed by atoms with Crippen molar-refractivity contribution in [2.75, 3.05) is 5.32 Å². The van der Waals surface area contributed by atoms with Crippen LogP contribution in [0.1, 0.15) is 30.2 Å². The van der Waals surface area contributed by atoms with E-state index >= 15 is 0 Å². The average Bonchev–Trinajstić information content (AvgIpc) is 2.98. The van der Waals surface area contributed by atoms with Gasteiger partial charge in [0, 0.05) is 12.3 Å². The summed E-state index contributed by atoms with van der Waals surface area (Å²) >= 11 is 2.84. The van der Waals surface area contributed by atoms with Crippen molar-refractivity contribution in [3.63, 3.8) is 0 Å². The Hall–Kier alpha value is -2.33. The van der Waals surface area contributed by atoms with E-state index < -0.39 is 5.76 Å². The van der Waals surface area contributed by atoms with Gasteiger partial charge in [-0.05, 0) is 24.3 Å². The number of carbonyl (C=O) groups excluding carboxylic acids is 1. The Morgan fingerprint density at radius 1 is 1.42 bits per heavy atom. The summed E-state index contributed by atoms with van der Waals surface area (Å²) in [6.45, 7) is 0.147. The van der Waals surface area contributed by atoms with Crippen molar-refractivity contribution in [3.8, 4) is 10.8 Å². The molecule has 3 aromatic heterocycles. The quantitative estimate of drug-likeness (QED) is 0.721. The molecule has 3 heterocycles. The van der Waals surface area contributed by atoms with E-state index in [-0.39, 0.29) is 24.8 Å². The van der Waals surface area contributed by atoms with Gasteiger partial charge in [0.15, 0.2) is 0 Å². The molecule has 0 unspecified atom stereocenters. The number of aromatic nitrogens is 4. The van der Waals surface area contributed by atoms with E-state index in [1.54, 1.807) is 0 Å². The minimum Gasteiger partial charge on any atom is -0.387 e. The maximum Gasteiger partial charge on any atom is 0.437 e. The lowest BCUT2D eigenvalue weighted by Crippen LogP contribution is -2.20. The Balaban J connectivity index is 1.35. The predicted molar refractivity (Wildman–Crippen MR) is 89.2 cm³/mol. The van der Waals surface area contributed by atoms with Gasteiger partial charge in [0.25, 0.3) is 5.89 Å². The minimum atomic E-state index is -0.571. The van der Waals surface area contributed by atoms with Crippen LogP contribution in [-0.4, -0.2) is 25.9 Å². The van der Waals surface area contributed by atoms with Crippen LogP contribution in [0.3, 0.4) is 0 Å². The summed E-state index contributed by atoms with van der Waals surface area (Å²) in [5.74, 6) is -0.0228. The fraction of sp³-hybridized carbons (Fsp3) is 0.357. The van der Waals surface area contributed by atoms with E-state index in [4.69, 9.17) is 4.42 Å². The van der Waals surface area contributed by atoms with E-state index in [2.05, 4.69) is 20.6 Å². The highest BCUT2D eigenvalue weighted by atomic mass is 32.1. The van der Waals surface area contributed by atoms with E-state index in [0.29, 0.717) is 11.0 Å². The zero-order chi connectivity index (χ0) is 16.5. The number of amides is 1. The normalized spacial score (nSPS) is 14.0. The molecule has 0 aliphatic heterocycles. The lowest BCUT2D eigenvalue weighted by atomic mass is 10.4. The van der Waals surface area contributed by atoms with Crippen LogP contribution in [0.5, 0.6) is 0 Å². The molecule has 1 fully saturated rings. The molecule has 0 saturated heterocycles. The molecule has 10 heteroatoms. The number of thiophene rings is 1. The molecule has 1 N–H and O–H groups in total. The maximum absolute atomic E-state index is 12.0. The van der Waals surface area contributed by atoms with Gasteiger partial charge in [-0.25, -0.2) is 4.79 Å². The summed E-state index contributed by atoms with van der Waals surface area (Å²) in [6, 6.07) is 3.67. The number of nitrogens with one attached hydrogen (secondary N) is 1. The van der Waals surface area contributed by atoms with Crippen molar-refractivity contribution < 1.29 is 9.21 Å². The molecule has 1 saturated carbocycles. The average molecular weight is 363 g/mol. The summed E-state index contributed by atoms with van der Waals surface area (Å²) < 4.78 is 6.26. The second-order valence-electron chi connectivity index (χ2n) is 5.39. The van der Waals surface area contributed by atoms with E-state index in [0.717, 1.165) is 27.4 Å². The van der Waals surface area contributed by atoms with E-state index in [1.165, 1.54) is 22.7 Å². The summed E-state index contributed by atoms with van der Waals surface area (Å²) in [4.78, 5) is 24.5. The SMILES string of the molecule is O=C(CCn1nc(-c2cccs2)oc1=O)Nc1nnc(C2CC2)s1. The van der Waals surface area contributed by atoms with Gasteiger partial charge in [-0.3, -0.25) is 4.79 Å². The highest BCUT2D eigenvalue weighted by Gasteiger charge is 2.27. The first kappa shape index (κ1) is 15.2. The molecule has 0 aromatic carbocycles. The minimum absolute atomic E-state index is 0.106. The smallest absolute Gasteiger partial charge is 0.387 e. The molecule has 1 aliphatic carbocycles. The Kier molecular flexibility index (Phi) is 3.98. The Bertz CT molecular complexity index is 907. The molecule has 124 valence electrons. The fourth-order valence-corrected chi connectivity index (χ4v) is 3.69. The fourth-order valence-electron chi connectivity index (χ4n) is 2.12. The van der Waals surface area contributed by atoms with Crippen LogP contribution in [0.15, 0.2) is 26.7 Å². The van der Waals surface area contributed by atoms with Crippen molar-refractivity contribution in [2.24, 2.45) is 0 Å². The molecule has 0 bridgehead atoms. The van der Waals surface area contributed by atoms with Gasteiger partial charge in [0.05, 0.1) is 11.4 Å². The molecular weight excluding hydrogens is 350 g/mol. The second kappa shape index (κ2) is 6.29. The molecule has 3 aromatic rings. The number of rotatable bonds is 6. The van der Waals surface area contributed by atoms with E-state index in [1.807, 2.05) is 17.5 Å². The van der Waals surface area contributed by atoms with Gasteiger partial charge in [-0.1, -0.05) is 17.4 Å². The molecule has 1 amide bonds. The van der Waals surface area contributed by atoms with Crippen molar-refractivity contribution in [1.82, 2.24) is 20.0 Å². The molecule has 24 heavy (non-hydrogen) atoms. The number of nitrogens with zero attached hydrogens (tertiary/aromatic N) is 4. The van der Waals surface area contributed by atoms with Crippen LogP contribution >= 0.6 is 22.7 Å². The second-order valence-corrected chi connectivity index (χ2v) is 7.35. The highest BCUT2D eigenvalue weighted by molar-refractivity contribution is 7.15. The van der Waals surface area contributed by atoms with Gasteiger partial charge in [0.1, 0.15) is 5.01 Å². The summed E-state index contributed by atoms with van der Waals surface area (Å²) in [7, 11) is 0. The monoisotopic (exact) mass is 363 g/mol. The van der Waals surface area contributed by atoms with Crippen molar-refractivity contribution in [1.29, 1.82) is 0 Å². The van der Waals surface area contributed by atoms with Gasteiger partial charge in [-0.15, -0.1) is 26.6 Å². The Morgan fingerprint density at radius 3 is 3.04 bits per heavy atom. The standard InChI is InChI=1S/C14H13N5O3S2/c20-10(15-13-17-16-12(24-13)8-3-4-8)5-6-19-14(21)22-11(18-19)9-2-1-7-23-9/h1-2,7-8H,3-6H2,(H,15,17,20). The van der Waals surface area contributed by atoms with Crippen LogP contribution in [0.2, 0.25) is 0 Å². The molecule has 0 radical (unpaired) electrons. The third kappa shape index (κ3) is 3.29. The zero-order valence-corrected chi connectivity index (χ0v) is 14.1. The van der Waals surface area contributed by atoms with Gasteiger partial charge in [0.2, 0.25) is 11.0 Å². The van der Waals surface area contributed by atoms with Gasteiger partial charge >= 0.3 is 5.76 Å². The number of hydrogen-bond donors (Lipinski definition) is 1. The first-order valence-corrected chi connectivity index (χ1v) is 9.14. The van der Waals surface area contributed by atoms with Crippen LogP contribution in [0.4, 0.5) is 5.13 Å². The van der Waals surface area contributed by atoms with Crippen LogP contribution in [0, 0.1) is 0 Å². The Labute approximate surface area is 144 Å². The molecular formula is C14H13N5O3S2. The molecule has 0 atom stereocenters. The van der Waals surface area contributed by atoms with Crippen molar-refractivity contribution in [2.45, 2.75) is 31.7 Å². The summed E-state index contributed by atoms with van der Waals surface area (Å²) in [6.07, 6.45) is 2.39. The van der Waals surface area contributed by atoms with Gasteiger partial charge in [-0.2, -0.15) is 4.68 Å². The maximum atomic E-state index is 12.0. The molecule has 8 nitrogen and oxygen atoms in total. The zero-order valence-electron chi connectivity index (χ0n) is 12.5. The third-order valence-electron chi connectivity index (χ3n) is 3.50. The summed E-state index contributed by atoms with van der Waals surface area (Å²) in [5.41, 5.74) is 0. The van der Waals surface area contributed by atoms with Crippen LogP contribution in [0.25, 0.3) is 10.8 Å². The molecule has 1 aliphatic rings. The first-order chi connectivity index (χ1) is 11.7. The lowest BCUT2D eigenvalue weighted by Gasteiger charge is -1.99. The largest absolute Gasteiger partial charge is 0.437 e. The van der Waals surface area contributed by atoms with E-state index in [9.17, 15) is 9.59 Å². The van der Waals surface area contributed by atoms with Crippen molar-refractivity contribution in [3.05, 3.63) is 33.1 Å². The van der Waals surface area contributed by atoms with Gasteiger partial charge < -0.3 is 9.73 Å². The first-order valence-electron chi connectivity index (χ1n) is 7.44. The molecule has 4 rings (SSSR count).